The predicted molar refractivity (Wildman–Crippen MR) is 75.2 cm³/mol. The minimum Gasteiger partial charge on any atom is -0.419 e. The molecule has 20 heavy (non-hydrogen) atoms. The Bertz CT molecular complexity index is 994. The summed E-state index contributed by atoms with van der Waals surface area (Å²) >= 11 is 0. The lowest BCUT2D eigenvalue weighted by Crippen LogP contribution is -2.29. The predicted octanol–water partition coefficient (Wildman–Crippen LogP) is 2.64. The van der Waals surface area contributed by atoms with Crippen molar-refractivity contribution in [3.05, 3.63) is 48.3 Å². The molecule has 0 aliphatic carbocycles. The molecule has 3 aromatic heterocycles. The maximum absolute atomic E-state index is 6.00. The maximum Gasteiger partial charge on any atom is 0.339 e. The van der Waals surface area contributed by atoms with Crippen LogP contribution in [0.3, 0.4) is 0 Å². The number of fused-ring (bicyclic) bond motifs is 7. The molecule has 0 radical (unpaired) electrons. The fourth-order valence-electron chi connectivity index (χ4n) is 3.31. The van der Waals surface area contributed by atoms with Crippen LogP contribution in [0.4, 0.5) is 0 Å². The number of imidazole rings is 1. The number of furan rings is 1. The number of aromatic nitrogens is 3. The number of benzene rings is 1. The Morgan fingerprint density at radius 3 is 3.10 bits per heavy atom. The van der Waals surface area contributed by atoms with E-state index in [2.05, 4.69) is 45.4 Å². The molecule has 4 heteroatoms. The van der Waals surface area contributed by atoms with Crippen LogP contribution in [0.1, 0.15) is 5.56 Å². The van der Waals surface area contributed by atoms with E-state index in [1.165, 1.54) is 17.0 Å². The summed E-state index contributed by atoms with van der Waals surface area (Å²) in [5.74, 6) is 1.21. The van der Waals surface area contributed by atoms with Gasteiger partial charge in [-0.25, -0.2) is 4.57 Å². The molecule has 4 heterocycles. The second-order valence-corrected chi connectivity index (χ2v) is 5.25. The maximum atomic E-state index is 6.00. The third-order valence-corrected chi connectivity index (χ3v) is 4.18. The van der Waals surface area contributed by atoms with Crippen LogP contribution in [0.25, 0.3) is 33.6 Å². The number of aryl methyl sites for hydroxylation is 1. The molecule has 4 nitrogen and oxygen atoms in total. The third kappa shape index (κ3) is 1.04. The number of hydrogen-bond acceptors (Lipinski definition) is 2. The first-order valence-electron chi connectivity index (χ1n) is 6.67. The Hall–Kier alpha value is -2.62. The molecule has 1 aliphatic rings. The van der Waals surface area contributed by atoms with Crippen LogP contribution in [0.5, 0.6) is 0 Å². The molecule has 1 aliphatic heterocycles. The molecular formula is C16H12N3O+. The van der Waals surface area contributed by atoms with Crippen LogP contribution in [0, 0.1) is 0 Å². The van der Waals surface area contributed by atoms with Crippen LogP contribution in [-0.2, 0) is 13.6 Å². The summed E-state index contributed by atoms with van der Waals surface area (Å²) in [5.41, 5.74) is 5.60. The fourth-order valence-corrected chi connectivity index (χ4v) is 3.31. The fraction of sp³-hybridized carbons (Fsp3) is 0.125. The van der Waals surface area contributed by atoms with Gasteiger partial charge in [0.2, 0.25) is 5.52 Å². The highest BCUT2D eigenvalue weighted by atomic mass is 16.3. The Kier molecular flexibility index (Phi) is 1.67. The van der Waals surface area contributed by atoms with E-state index in [1.54, 1.807) is 6.20 Å². The van der Waals surface area contributed by atoms with Gasteiger partial charge in [0.1, 0.15) is 12.1 Å². The normalized spacial score (nSPS) is 13.1. The van der Waals surface area contributed by atoms with Gasteiger partial charge < -0.3 is 4.42 Å². The molecule has 5 rings (SSSR count). The zero-order chi connectivity index (χ0) is 13.3. The number of nitrogens with zero attached hydrogens (tertiary/aromatic N) is 3. The molecular weight excluding hydrogens is 250 g/mol. The molecule has 0 saturated heterocycles. The Balaban J connectivity index is 1.99. The molecule has 96 valence electrons. The summed E-state index contributed by atoms with van der Waals surface area (Å²) in [6.07, 6.45) is 3.65. The van der Waals surface area contributed by atoms with Crippen molar-refractivity contribution in [2.24, 2.45) is 7.05 Å². The molecule has 0 fully saturated rings. The van der Waals surface area contributed by atoms with Gasteiger partial charge in [-0.3, -0.25) is 4.98 Å². The van der Waals surface area contributed by atoms with E-state index >= 15 is 0 Å². The van der Waals surface area contributed by atoms with Gasteiger partial charge in [-0.15, -0.1) is 0 Å². The molecule has 1 aromatic carbocycles. The summed E-state index contributed by atoms with van der Waals surface area (Å²) < 4.78 is 10.5. The smallest absolute Gasteiger partial charge is 0.339 e. The minimum atomic E-state index is 0.895. The van der Waals surface area contributed by atoms with Crippen molar-refractivity contribution >= 4 is 22.2 Å². The molecule has 0 unspecified atom stereocenters. The molecule has 0 amide bonds. The van der Waals surface area contributed by atoms with E-state index < -0.39 is 0 Å². The summed E-state index contributed by atoms with van der Waals surface area (Å²) in [6, 6.07) is 10.5. The lowest BCUT2D eigenvalue weighted by atomic mass is 10.1. The van der Waals surface area contributed by atoms with Crippen molar-refractivity contribution in [3.63, 3.8) is 0 Å². The second-order valence-electron chi connectivity index (χ2n) is 5.25. The highest BCUT2D eigenvalue weighted by Gasteiger charge is 2.35. The highest BCUT2D eigenvalue weighted by Crippen LogP contribution is 2.36. The molecule has 0 N–H and O–H groups in total. The van der Waals surface area contributed by atoms with Crippen molar-refractivity contribution in [2.45, 2.75) is 6.54 Å². The largest absolute Gasteiger partial charge is 0.419 e. The van der Waals surface area contributed by atoms with E-state index in [0.717, 1.165) is 28.7 Å². The van der Waals surface area contributed by atoms with E-state index in [-0.39, 0.29) is 0 Å². The molecule has 0 spiro atoms. The highest BCUT2D eigenvalue weighted by molar-refractivity contribution is 6.01. The SMILES string of the molecule is C[n+]1c2n(c3c4cnccc4oc31)Cc1ccccc1-2. The van der Waals surface area contributed by atoms with E-state index in [0.29, 0.717) is 0 Å². The lowest BCUT2D eigenvalue weighted by Gasteiger charge is -1.93. The zero-order valence-corrected chi connectivity index (χ0v) is 11.0. The van der Waals surface area contributed by atoms with Crippen molar-refractivity contribution in [2.75, 3.05) is 0 Å². The van der Waals surface area contributed by atoms with Crippen LogP contribution >= 0.6 is 0 Å². The Morgan fingerprint density at radius 1 is 1.25 bits per heavy atom. The molecule has 0 atom stereocenters. The van der Waals surface area contributed by atoms with Gasteiger partial charge in [-0.2, -0.15) is 4.57 Å². The second kappa shape index (κ2) is 3.28. The number of pyridine rings is 1. The Morgan fingerprint density at radius 2 is 2.15 bits per heavy atom. The first-order valence-corrected chi connectivity index (χ1v) is 6.67. The van der Waals surface area contributed by atoms with Gasteiger partial charge in [-0.1, -0.05) is 18.2 Å². The van der Waals surface area contributed by atoms with E-state index in [9.17, 15) is 0 Å². The van der Waals surface area contributed by atoms with Gasteiger partial charge in [0.15, 0.2) is 0 Å². The molecule has 0 saturated carbocycles. The van der Waals surface area contributed by atoms with Gasteiger partial charge in [-0.05, 0) is 6.07 Å². The first-order chi connectivity index (χ1) is 9.84. The monoisotopic (exact) mass is 262 g/mol. The van der Waals surface area contributed by atoms with Crippen LogP contribution in [-0.4, -0.2) is 9.55 Å². The van der Waals surface area contributed by atoms with Crippen molar-refractivity contribution in [3.8, 4) is 11.4 Å². The van der Waals surface area contributed by atoms with E-state index in [1.807, 2.05) is 12.3 Å². The topological polar surface area (TPSA) is 34.8 Å². The number of rotatable bonds is 0. The Labute approximate surface area is 114 Å². The van der Waals surface area contributed by atoms with Crippen molar-refractivity contribution in [1.82, 2.24) is 9.55 Å². The lowest BCUT2D eigenvalue weighted by molar-refractivity contribution is -0.640. The van der Waals surface area contributed by atoms with Crippen molar-refractivity contribution < 1.29 is 8.98 Å². The van der Waals surface area contributed by atoms with Crippen LogP contribution in [0.2, 0.25) is 0 Å². The van der Waals surface area contributed by atoms with Gasteiger partial charge >= 0.3 is 5.71 Å². The molecule has 0 bridgehead atoms. The standard InChI is InChI=1S/C16H12N3O/c1-18-15-11-5-3-2-4-10(11)9-19(15)14-12-8-17-7-6-13(12)20-16(14)18/h2-8H,9H2,1H3/q+1. The minimum absolute atomic E-state index is 0.895. The van der Waals surface area contributed by atoms with Crippen LogP contribution < -0.4 is 4.57 Å². The summed E-state index contributed by atoms with van der Waals surface area (Å²) in [5, 5.41) is 1.08. The summed E-state index contributed by atoms with van der Waals surface area (Å²) in [7, 11) is 2.06. The first kappa shape index (κ1) is 10.2. The number of hydrogen-bond donors (Lipinski definition) is 0. The third-order valence-electron chi connectivity index (χ3n) is 4.18. The van der Waals surface area contributed by atoms with Crippen LogP contribution in [0.15, 0.2) is 47.1 Å². The quantitative estimate of drug-likeness (QED) is 0.402. The average molecular weight is 262 g/mol. The van der Waals surface area contributed by atoms with Crippen molar-refractivity contribution in [1.29, 1.82) is 0 Å². The zero-order valence-electron chi connectivity index (χ0n) is 11.0. The molecule has 4 aromatic rings. The van der Waals surface area contributed by atoms with Gasteiger partial charge in [0.05, 0.1) is 18.0 Å². The van der Waals surface area contributed by atoms with E-state index in [4.69, 9.17) is 4.42 Å². The average Bonchev–Trinajstić information content (AvgIpc) is 3.10. The van der Waals surface area contributed by atoms with Gasteiger partial charge in [0.25, 0.3) is 5.82 Å². The summed E-state index contributed by atoms with van der Waals surface area (Å²) in [4.78, 5) is 4.24. The summed E-state index contributed by atoms with van der Waals surface area (Å²) in [6.45, 7) is 0.895. The van der Waals surface area contributed by atoms with Gasteiger partial charge in [0, 0.05) is 24.0 Å².